The van der Waals surface area contributed by atoms with E-state index < -0.39 is 10.0 Å². The number of hydrogen-bond donors (Lipinski definition) is 0. The second-order valence-electron chi connectivity index (χ2n) is 5.75. The van der Waals surface area contributed by atoms with Gasteiger partial charge in [-0.25, -0.2) is 8.42 Å². The smallest absolute Gasteiger partial charge is 0.232 e. The average Bonchev–Trinajstić information content (AvgIpc) is 2.46. The van der Waals surface area contributed by atoms with Crippen LogP contribution in [-0.4, -0.2) is 70.2 Å². The lowest BCUT2D eigenvalue weighted by atomic mass is 10.2. The van der Waals surface area contributed by atoms with Gasteiger partial charge in [0.1, 0.15) is 0 Å². The van der Waals surface area contributed by atoms with Crippen LogP contribution >= 0.6 is 11.6 Å². The standard InChI is InChI=1S/C15H22ClN3O3S/c1-17-8-10-18(11-9-17)15(20)6-7-19(23(2,21)22)14-5-3-4-13(16)12-14/h3-5,12H,6-11H2,1-2H3. The minimum Gasteiger partial charge on any atom is -0.340 e. The maximum atomic E-state index is 12.3. The Morgan fingerprint density at radius 2 is 1.91 bits per heavy atom. The second kappa shape index (κ2) is 7.51. The Bertz CT molecular complexity index is 658. The lowest BCUT2D eigenvalue weighted by Gasteiger charge is -2.33. The number of piperazine rings is 1. The molecule has 1 saturated heterocycles. The number of nitrogens with zero attached hydrogens (tertiary/aromatic N) is 3. The zero-order valence-electron chi connectivity index (χ0n) is 13.4. The van der Waals surface area contributed by atoms with Crippen molar-refractivity contribution in [3.05, 3.63) is 29.3 Å². The van der Waals surface area contributed by atoms with Crippen LogP contribution in [0.25, 0.3) is 0 Å². The van der Waals surface area contributed by atoms with Crippen molar-refractivity contribution in [3.8, 4) is 0 Å². The number of halogens is 1. The summed E-state index contributed by atoms with van der Waals surface area (Å²) in [4.78, 5) is 16.2. The molecule has 1 aliphatic rings. The minimum absolute atomic E-state index is 0.0196. The van der Waals surface area contributed by atoms with Crippen molar-refractivity contribution >= 4 is 33.2 Å². The predicted molar refractivity (Wildman–Crippen MR) is 92.3 cm³/mol. The van der Waals surface area contributed by atoms with Gasteiger partial charge in [0.25, 0.3) is 0 Å². The van der Waals surface area contributed by atoms with Gasteiger partial charge < -0.3 is 9.80 Å². The monoisotopic (exact) mass is 359 g/mol. The molecule has 1 amide bonds. The van der Waals surface area contributed by atoms with E-state index in [9.17, 15) is 13.2 Å². The van der Waals surface area contributed by atoms with E-state index in [0.29, 0.717) is 23.8 Å². The van der Waals surface area contributed by atoms with Crippen LogP contribution in [-0.2, 0) is 14.8 Å². The largest absolute Gasteiger partial charge is 0.340 e. The number of sulfonamides is 1. The first kappa shape index (κ1) is 18.0. The molecule has 1 heterocycles. The van der Waals surface area contributed by atoms with Crippen LogP contribution in [0.3, 0.4) is 0 Å². The highest BCUT2D eigenvalue weighted by molar-refractivity contribution is 7.92. The van der Waals surface area contributed by atoms with Gasteiger partial charge in [0, 0.05) is 44.2 Å². The molecule has 1 aromatic carbocycles. The number of likely N-dealkylation sites (N-methyl/N-ethyl adjacent to an activating group) is 1. The molecule has 0 radical (unpaired) electrons. The summed E-state index contributed by atoms with van der Waals surface area (Å²) < 4.78 is 25.3. The number of anilines is 1. The predicted octanol–water partition coefficient (Wildman–Crippen LogP) is 1.27. The Balaban J connectivity index is 2.03. The van der Waals surface area contributed by atoms with Crippen molar-refractivity contribution < 1.29 is 13.2 Å². The fourth-order valence-corrected chi connectivity index (χ4v) is 3.63. The SMILES string of the molecule is CN1CCN(C(=O)CCN(c2cccc(Cl)c2)S(C)(=O)=O)CC1. The van der Waals surface area contributed by atoms with Gasteiger partial charge in [-0.2, -0.15) is 0 Å². The Morgan fingerprint density at radius 3 is 2.48 bits per heavy atom. The Morgan fingerprint density at radius 1 is 1.26 bits per heavy atom. The van der Waals surface area contributed by atoms with E-state index in [0.717, 1.165) is 19.3 Å². The topological polar surface area (TPSA) is 60.9 Å². The van der Waals surface area contributed by atoms with Gasteiger partial charge in [-0.15, -0.1) is 0 Å². The summed E-state index contributed by atoms with van der Waals surface area (Å²) in [6.07, 6.45) is 1.29. The number of carbonyl (C=O) groups excluding carboxylic acids is 1. The third-order valence-corrected chi connectivity index (χ3v) is 5.31. The highest BCUT2D eigenvalue weighted by Crippen LogP contribution is 2.22. The first-order valence-corrected chi connectivity index (χ1v) is 9.69. The molecule has 0 bridgehead atoms. The van der Waals surface area contributed by atoms with Crippen molar-refractivity contribution in [1.82, 2.24) is 9.80 Å². The highest BCUT2D eigenvalue weighted by atomic mass is 35.5. The summed E-state index contributed by atoms with van der Waals surface area (Å²) in [5, 5.41) is 0.460. The molecule has 2 rings (SSSR count). The maximum absolute atomic E-state index is 12.3. The average molecular weight is 360 g/mol. The fourth-order valence-electron chi connectivity index (χ4n) is 2.53. The van der Waals surface area contributed by atoms with Gasteiger partial charge in [0.05, 0.1) is 11.9 Å². The Hall–Kier alpha value is -1.31. The molecule has 0 unspecified atom stereocenters. The minimum atomic E-state index is -3.47. The number of benzene rings is 1. The Kier molecular flexibility index (Phi) is 5.89. The van der Waals surface area contributed by atoms with Crippen LogP contribution in [0, 0.1) is 0 Å². The van der Waals surface area contributed by atoms with Crippen LogP contribution in [0.15, 0.2) is 24.3 Å². The van der Waals surface area contributed by atoms with Crippen LogP contribution in [0.2, 0.25) is 5.02 Å². The summed E-state index contributed by atoms with van der Waals surface area (Å²) >= 11 is 5.94. The molecule has 0 aromatic heterocycles. The summed E-state index contributed by atoms with van der Waals surface area (Å²) in [6.45, 7) is 3.17. The summed E-state index contributed by atoms with van der Waals surface area (Å²) in [7, 11) is -1.45. The van der Waals surface area contributed by atoms with E-state index in [1.165, 1.54) is 4.31 Å². The lowest BCUT2D eigenvalue weighted by Crippen LogP contribution is -2.48. The zero-order valence-corrected chi connectivity index (χ0v) is 15.0. The van der Waals surface area contributed by atoms with Crippen molar-refractivity contribution in [1.29, 1.82) is 0 Å². The van der Waals surface area contributed by atoms with Crippen LogP contribution < -0.4 is 4.31 Å². The van der Waals surface area contributed by atoms with E-state index in [4.69, 9.17) is 11.6 Å². The van der Waals surface area contributed by atoms with Crippen LogP contribution in [0.5, 0.6) is 0 Å². The van der Waals surface area contributed by atoms with Gasteiger partial charge in [0.15, 0.2) is 0 Å². The molecule has 1 aromatic rings. The first-order valence-electron chi connectivity index (χ1n) is 7.47. The molecule has 1 fully saturated rings. The molecule has 23 heavy (non-hydrogen) atoms. The van der Waals surface area contributed by atoms with E-state index in [-0.39, 0.29) is 18.9 Å². The van der Waals surface area contributed by atoms with Gasteiger partial charge in [0.2, 0.25) is 15.9 Å². The van der Waals surface area contributed by atoms with Crippen molar-refractivity contribution in [3.63, 3.8) is 0 Å². The number of carbonyl (C=O) groups is 1. The molecule has 128 valence electrons. The Labute approximate surface area is 142 Å². The number of amides is 1. The molecule has 0 spiro atoms. The number of rotatable bonds is 5. The zero-order chi connectivity index (χ0) is 17.0. The van der Waals surface area contributed by atoms with Crippen molar-refractivity contribution in [2.75, 3.05) is 50.3 Å². The molecule has 8 heteroatoms. The first-order chi connectivity index (χ1) is 10.8. The van der Waals surface area contributed by atoms with Gasteiger partial charge >= 0.3 is 0 Å². The van der Waals surface area contributed by atoms with Gasteiger partial charge in [-0.3, -0.25) is 9.10 Å². The van der Waals surface area contributed by atoms with E-state index in [1.807, 2.05) is 7.05 Å². The summed E-state index contributed by atoms with van der Waals surface area (Å²) in [5.41, 5.74) is 0.478. The molecule has 0 saturated carbocycles. The van der Waals surface area contributed by atoms with Crippen molar-refractivity contribution in [2.45, 2.75) is 6.42 Å². The number of hydrogen-bond acceptors (Lipinski definition) is 4. The third-order valence-electron chi connectivity index (χ3n) is 3.88. The highest BCUT2D eigenvalue weighted by Gasteiger charge is 2.22. The quantitative estimate of drug-likeness (QED) is 0.794. The molecule has 6 nitrogen and oxygen atoms in total. The fraction of sp³-hybridized carbons (Fsp3) is 0.533. The van der Waals surface area contributed by atoms with E-state index in [1.54, 1.807) is 29.2 Å². The summed E-state index contributed by atoms with van der Waals surface area (Å²) in [5.74, 6) is -0.0196. The molecule has 0 N–H and O–H groups in total. The second-order valence-corrected chi connectivity index (χ2v) is 8.09. The molecule has 1 aliphatic heterocycles. The summed E-state index contributed by atoms with van der Waals surface area (Å²) in [6, 6.07) is 6.63. The maximum Gasteiger partial charge on any atom is 0.232 e. The normalized spacial score (nSPS) is 16.4. The van der Waals surface area contributed by atoms with Gasteiger partial charge in [-0.1, -0.05) is 17.7 Å². The lowest BCUT2D eigenvalue weighted by molar-refractivity contribution is -0.132. The van der Waals surface area contributed by atoms with Crippen LogP contribution in [0.1, 0.15) is 6.42 Å². The molecular formula is C15H22ClN3O3S. The molecule has 0 atom stereocenters. The third kappa shape index (κ3) is 5.09. The molecule has 0 aliphatic carbocycles. The molecular weight excluding hydrogens is 338 g/mol. The van der Waals surface area contributed by atoms with E-state index >= 15 is 0 Å². The van der Waals surface area contributed by atoms with Gasteiger partial charge in [-0.05, 0) is 25.2 Å². The van der Waals surface area contributed by atoms with Crippen LogP contribution in [0.4, 0.5) is 5.69 Å². The van der Waals surface area contributed by atoms with Crippen molar-refractivity contribution in [2.24, 2.45) is 0 Å². The van der Waals surface area contributed by atoms with E-state index in [2.05, 4.69) is 4.90 Å².